The highest BCUT2D eigenvalue weighted by Crippen LogP contribution is 2.14. The maximum atomic E-state index is 12.2. The van der Waals surface area contributed by atoms with Crippen LogP contribution < -0.4 is 0 Å². The second kappa shape index (κ2) is 45.5. The Hall–Kier alpha value is -1.65. The largest absolute Gasteiger partial charge is 0.457 e. The number of carbonyl (C=O) groups excluding carboxylic acids is 1. The first-order valence-corrected chi connectivity index (χ1v) is 22.7. The average molecular weight is 729 g/mol. The number of aliphatic hydroxyl groups excluding tert-OH is 1. The van der Waals surface area contributed by atoms with E-state index in [2.05, 4.69) is 62.5 Å². The van der Waals surface area contributed by atoms with Crippen LogP contribution in [0, 0.1) is 0 Å². The molecule has 0 amide bonds. The van der Waals surface area contributed by atoms with E-state index < -0.39 is 6.10 Å². The number of rotatable bonds is 42. The number of hydrogen-bond donors (Lipinski definition) is 1. The van der Waals surface area contributed by atoms with E-state index in [1.165, 1.54) is 161 Å². The molecule has 0 spiro atoms. The summed E-state index contributed by atoms with van der Waals surface area (Å²) in [4.78, 5) is 12.2. The van der Waals surface area contributed by atoms with Gasteiger partial charge in [0.2, 0.25) is 0 Å². The number of allylic oxidation sites excluding steroid dienone is 8. The van der Waals surface area contributed by atoms with Gasteiger partial charge in [-0.15, -0.1) is 0 Å². The molecule has 0 heterocycles. The molecule has 1 atom stereocenters. The summed E-state index contributed by atoms with van der Waals surface area (Å²) >= 11 is 0. The molecule has 0 aromatic heterocycles. The normalized spacial score (nSPS) is 12.8. The van der Waals surface area contributed by atoms with E-state index in [-0.39, 0.29) is 12.6 Å². The number of unbranched alkanes of at least 4 members (excludes halogenated alkanes) is 26. The van der Waals surface area contributed by atoms with Crippen molar-refractivity contribution in [2.45, 2.75) is 232 Å². The van der Waals surface area contributed by atoms with Crippen LogP contribution in [-0.4, -0.2) is 37.0 Å². The van der Waals surface area contributed by atoms with E-state index >= 15 is 0 Å². The second-order valence-corrected chi connectivity index (χ2v) is 15.1. The van der Waals surface area contributed by atoms with E-state index in [1.54, 1.807) is 0 Å². The van der Waals surface area contributed by atoms with Gasteiger partial charge in [-0.2, -0.15) is 0 Å². The molecular weight excluding hydrogens is 641 g/mol. The molecule has 0 saturated carbocycles. The lowest BCUT2D eigenvalue weighted by Gasteiger charge is -2.15. The van der Waals surface area contributed by atoms with E-state index in [1.807, 2.05) is 0 Å². The zero-order valence-electron chi connectivity index (χ0n) is 34.8. The molecule has 0 rings (SSSR count). The Bertz CT molecular complexity index is 813. The summed E-state index contributed by atoms with van der Waals surface area (Å²) < 4.78 is 11.2. The summed E-state index contributed by atoms with van der Waals surface area (Å²) in [6.45, 7) is 5.29. The quantitative estimate of drug-likeness (QED) is 0.0386. The fraction of sp³-hybridized carbons (Fsp3) is 0.812. The second-order valence-electron chi connectivity index (χ2n) is 15.1. The molecule has 0 aromatic rings. The zero-order valence-corrected chi connectivity index (χ0v) is 34.8. The maximum Gasteiger partial charge on any atom is 0.306 e. The molecule has 0 fully saturated rings. The van der Waals surface area contributed by atoms with E-state index in [9.17, 15) is 9.90 Å². The van der Waals surface area contributed by atoms with Crippen LogP contribution in [0.5, 0.6) is 0 Å². The molecule has 4 heteroatoms. The van der Waals surface area contributed by atoms with Crippen LogP contribution >= 0.6 is 0 Å². The van der Waals surface area contributed by atoms with Crippen molar-refractivity contribution in [2.24, 2.45) is 0 Å². The first-order chi connectivity index (χ1) is 25.7. The predicted molar refractivity (Wildman–Crippen MR) is 228 cm³/mol. The minimum atomic E-state index is -0.541. The van der Waals surface area contributed by atoms with Gasteiger partial charge >= 0.3 is 5.97 Å². The van der Waals surface area contributed by atoms with Crippen LogP contribution in [0.15, 0.2) is 48.6 Å². The Kier molecular flexibility index (Phi) is 44.1. The van der Waals surface area contributed by atoms with E-state index in [4.69, 9.17) is 9.47 Å². The molecule has 52 heavy (non-hydrogen) atoms. The van der Waals surface area contributed by atoms with Gasteiger partial charge in [-0.3, -0.25) is 4.79 Å². The van der Waals surface area contributed by atoms with Gasteiger partial charge in [0.1, 0.15) is 6.10 Å². The van der Waals surface area contributed by atoms with Crippen molar-refractivity contribution < 1.29 is 19.4 Å². The minimum absolute atomic E-state index is 0.177. The predicted octanol–water partition coefficient (Wildman–Crippen LogP) is 15.0. The number of aliphatic hydroxyl groups is 1. The zero-order chi connectivity index (χ0) is 37.7. The molecule has 0 aliphatic carbocycles. The first-order valence-electron chi connectivity index (χ1n) is 22.7. The van der Waals surface area contributed by atoms with Gasteiger partial charge in [0.25, 0.3) is 0 Å². The number of esters is 1. The highest BCUT2D eigenvalue weighted by molar-refractivity contribution is 5.69. The van der Waals surface area contributed by atoms with Crippen LogP contribution in [0.1, 0.15) is 226 Å². The standard InChI is InChI=1S/C48H88O4/c1-3-5-7-9-11-13-15-17-19-20-21-22-23-24-25-26-27-28-29-30-32-34-36-38-40-42-44-51-46-47(45-49)52-48(50)43-41-39-37-35-33-31-18-16-14-12-10-8-6-4-2/h10,12,15-18,20-21,47,49H,3-9,11,13-14,19,22-46H2,1-2H3/b12-10-,17-15-,18-16-,21-20-. The third kappa shape index (κ3) is 42.8. The molecule has 0 aliphatic heterocycles. The van der Waals surface area contributed by atoms with Crippen molar-refractivity contribution in [3.05, 3.63) is 48.6 Å². The molecule has 304 valence electrons. The minimum Gasteiger partial charge on any atom is -0.457 e. The molecule has 0 aliphatic rings. The first kappa shape index (κ1) is 50.4. The van der Waals surface area contributed by atoms with Crippen molar-refractivity contribution in [3.63, 3.8) is 0 Å². The lowest BCUT2D eigenvalue weighted by Crippen LogP contribution is -2.27. The van der Waals surface area contributed by atoms with Crippen LogP contribution in [0.3, 0.4) is 0 Å². The Balaban J connectivity index is 3.40. The topological polar surface area (TPSA) is 55.8 Å². The van der Waals surface area contributed by atoms with Crippen molar-refractivity contribution >= 4 is 5.97 Å². The van der Waals surface area contributed by atoms with Crippen LogP contribution in [0.2, 0.25) is 0 Å². The van der Waals surface area contributed by atoms with Gasteiger partial charge in [0.05, 0.1) is 13.2 Å². The monoisotopic (exact) mass is 729 g/mol. The highest BCUT2D eigenvalue weighted by atomic mass is 16.6. The summed E-state index contributed by atoms with van der Waals surface area (Å²) in [5, 5.41) is 9.60. The Labute approximate surface area is 324 Å². The van der Waals surface area contributed by atoms with Gasteiger partial charge in [-0.05, 0) is 70.6 Å². The van der Waals surface area contributed by atoms with Gasteiger partial charge in [-0.1, -0.05) is 197 Å². The Morgan fingerprint density at radius 2 is 0.827 bits per heavy atom. The molecule has 0 bridgehead atoms. The van der Waals surface area contributed by atoms with Crippen LogP contribution in [-0.2, 0) is 14.3 Å². The van der Waals surface area contributed by atoms with Gasteiger partial charge < -0.3 is 14.6 Å². The number of hydrogen-bond acceptors (Lipinski definition) is 4. The molecule has 1 N–H and O–H groups in total. The third-order valence-corrected chi connectivity index (χ3v) is 9.88. The lowest BCUT2D eigenvalue weighted by molar-refractivity contribution is -0.154. The smallest absolute Gasteiger partial charge is 0.306 e. The Morgan fingerprint density at radius 3 is 1.25 bits per heavy atom. The summed E-state index contributed by atoms with van der Waals surface area (Å²) in [5.74, 6) is -0.214. The summed E-state index contributed by atoms with van der Waals surface area (Å²) in [6.07, 6.45) is 59.0. The SMILES string of the molecule is CCCC/C=C\C/C=C\CCCCCCCC(=O)OC(CO)COCCCCCCCCCCCCCCCC/C=C\C/C=C\CCCCCCC. The molecular formula is C48H88O4. The van der Waals surface area contributed by atoms with E-state index in [0.717, 1.165) is 44.9 Å². The molecule has 0 aromatic carbocycles. The third-order valence-electron chi connectivity index (χ3n) is 9.88. The van der Waals surface area contributed by atoms with Crippen molar-refractivity contribution in [3.8, 4) is 0 Å². The molecule has 0 radical (unpaired) electrons. The number of carbonyl (C=O) groups is 1. The van der Waals surface area contributed by atoms with Crippen molar-refractivity contribution in [1.82, 2.24) is 0 Å². The summed E-state index contributed by atoms with van der Waals surface area (Å²) in [7, 11) is 0. The highest BCUT2D eigenvalue weighted by Gasteiger charge is 2.13. The van der Waals surface area contributed by atoms with Gasteiger partial charge in [0.15, 0.2) is 0 Å². The fourth-order valence-corrected chi connectivity index (χ4v) is 6.43. The van der Waals surface area contributed by atoms with Crippen LogP contribution in [0.25, 0.3) is 0 Å². The number of ether oxygens (including phenoxy) is 2. The average Bonchev–Trinajstić information content (AvgIpc) is 3.15. The van der Waals surface area contributed by atoms with Crippen LogP contribution in [0.4, 0.5) is 0 Å². The lowest BCUT2D eigenvalue weighted by atomic mass is 10.0. The fourth-order valence-electron chi connectivity index (χ4n) is 6.43. The molecule has 4 nitrogen and oxygen atoms in total. The molecule has 0 saturated heterocycles. The van der Waals surface area contributed by atoms with Gasteiger partial charge in [0, 0.05) is 13.0 Å². The van der Waals surface area contributed by atoms with E-state index in [0.29, 0.717) is 19.6 Å². The summed E-state index contributed by atoms with van der Waals surface area (Å²) in [5.41, 5.74) is 0. The van der Waals surface area contributed by atoms with Crippen molar-refractivity contribution in [2.75, 3.05) is 19.8 Å². The van der Waals surface area contributed by atoms with Crippen molar-refractivity contribution in [1.29, 1.82) is 0 Å². The maximum absolute atomic E-state index is 12.2. The molecule has 1 unspecified atom stereocenters. The Morgan fingerprint density at radius 1 is 0.462 bits per heavy atom. The van der Waals surface area contributed by atoms with Gasteiger partial charge in [-0.25, -0.2) is 0 Å². The summed E-state index contributed by atoms with van der Waals surface area (Å²) in [6, 6.07) is 0.